The van der Waals surface area contributed by atoms with Gasteiger partial charge in [0.05, 0.1) is 12.4 Å². The number of nitrogens with zero attached hydrogens (tertiary/aromatic N) is 2. The van der Waals surface area contributed by atoms with Gasteiger partial charge in [0.2, 0.25) is 0 Å². The lowest BCUT2D eigenvalue weighted by atomic mass is 10.1. The molecule has 2 heterocycles. The first-order chi connectivity index (χ1) is 8.15. The van der Waals surface area contributed by atoms with Gasteiger partial charge in [-0.15, -0.1) is 0 Å². The quantitative estimate of drug-likeness (QED) is 0.817. The molecule has 2 rings (SSSR count). The average Bonchev–Trinajstić information content (AvgIpc) is 2.33. The van der Waals surface area contributed by atoms with E-state index >= 15 is 0 Å². The lowest BCUT2D eigenvalue weighted by molar-refractivity contribution is 0.0690. The lowest BCUT2D eigenvalue weighted by Crippen LogP contribution is -2.29. The van der Waals surface area contributed by atoms with Gasteiger partial charge in [0.25, 0.3) is 0 Å². The highest BCUT2D eigenvalue weighted by molar-refractivity contribution is 7.85. The van der Waals surface area contributed by atoms with Crippen molar-refractivity contribution < 1.29 is 14.1 Å². The lowest BCUT2D eigenvalue weighted by Gasteiger charge is -2.22. The van der Waals surface area contributed by atoms with Crippen LogP contribution < -0.4 is 5.32 Å². The zero-order valence-electron chi connectivity index (χ0n) is 9.13. The van der Waals surface area contributed by atoms with E-state index in [4.69, 9.17) is 5.11 Å². The van der Waals surface area contributed by atoms with E-state index in [1.165, 1.54) is 12.4 Å². The Labute approximate surface area is 101 Å². The molecule has 7 heteroatoms. The first kappa shape index (κ1) is 12.0. The molecular formula is C10H13N3O3S. The number of anilines is 1. The Bertz CT molecular complexity index is 425. The maximum atomic E-state index is 11.2. The summed E-state index contributed by atoms with van der Waals surface area (Å²) < 4.78 is 11.2. The predicted octanol–water partition coefficient (Wildman–Crippen LogP) is 0.498. The van der Waals surface area contributed by atoms with Crippen molar-refractivity contribution in [3.63, 3.8) is 0 Å². The minimum Gasteiger partial charge on any atom is -0.476 e. The number of aromatic carboxylic acids is 1. The summed E-state index contributed by atoms with van der Waals surface area (Å²) in [5.74, 6) is 0.890. The number of nitrogens with one attached hydrogen (secondary N) is 1. The summed E-state index contributed by atoms with van der Waals surface area (Å²) in [5, 5.41) is 11.8. The van der Waals surface area contributed by atoms with Crippen LogP contribution >= 0.6 is 0 Å². The molecule has 0 aromatic carbocycles. The summed E-state index contributed by atoms with van der Waals surface area (Å²) in [6, 6.07) is 0.248. The van der Waals surface area contributed by atoms with Gasteiger partial charge in [-0.1, -0.05) is 0 Å². The molecule has 0 atom stereocenters. The highest BCUT2D eigenvalue weighted by atomic mass is 32.2. The Morgan fingerprint density at radius 2 is 2.06 bits per heavy atom. The fraction of sp³-hybridized carbons (Fsp3) is 0.500. The number of hydrogen-bond donors (Lipinski definition) is 2. The van der Waals surface area contributed by atoms with Crippen LogP contribution in [0.1, 0.15) is 23.3 Å². The number of hydrogen-bond acceptors (Lipinski definition) is 5. The average molecular weight is 255 g/mol. The van der Waals surface area contributed by atoms with Crippen LogP contribution in [0.5, 0.6) is 0 Å². The summed E-state index contributed by atoms with van der Waals surface area (Å²) in [6.45, 7) is 0. The van der Waals surface area contributed by atoms with Gasteiger partial charge in [-0.05, 0) is 12.8 Å². The Morgan fingerprint density at radius 3 is 2.59 bits per heavy atom. The van der Waals surface area contributed by atoms with Crippen molar-refractivity contribution in [3.05, 3.63) is 18.1 Å². The van der Waals surface area contributed by atoms with Gasteiger partial charge < -0.3 is 10.4 Å². The van der Waals surface area contributed by atoms with Gasteiger partial charge in [0.1, 0.15) is 5.82 Å². The summed E-state index contributed by atoms with van der Waals surface area (Å²) in [4.78, 5) is 18.3. The van der Waals surface area contributed by atoms with Crippen molar-refractivity contribution >= 4 is 22.6 Å². The summed E-state index contributed by atoms with van der Waals surface area (Å²) in [7, 11) is -0.682. The second kappa shape index (κ2) is 5.22. The number of rotatable bonds is 3. The molecule has 1 fully saturated rings. The van der Waals surface area contributed by atoms with Gasteiger partial charge in [-0.3, -0.25) is 4.21 Å². The fourth-order valence-electron chi connectivity index (χ4n) is 1.66. The van der Waals surface area contributed by atoms with E-state index in [9.17, 15) is 9.00 Å². The standard InChI is InChI=1S/C10H13N3O3S/c14-10(15)8-5-12-9(6-11-8)13-7-1-3-17(16)4-2-7/h5-7H,1-4H2,(H,12,13)(H,14,15). The summed E-state index contributed by atoms with van der Waals surface area (Å²) in [5.41, 5.74) is -0.0692. The SMILES string of the molecule is O=C(O)c1cnc(NC2CCS(=O)CC2)cn1. The van der Waals surface area contributed by atoms with Crippen LogP contribution in [-0.2, 0) is 10.8 Å². The molecule has 1 aromatic rings. The first-order valence-corrected chi connectivity index (χ1v) is 6.81. The molecule has 0 aliphatic carbocycles. The van der Waals surface area contributed by atoms with Crippen molar-refractivity contribution in [1.29, 1.82) is 0 Å². The number of aromatic nitrogens is 2. The normalized spacial score (nSPS) is 24.2. The zero-order chi connectivity index (χ0) is 12.3. The van der Waals surface area contributed by atoms with E-state index < -0.39 is 16.8 Å². The topological polar surface area (TPSA) is 92.2 Å². The Hall–Kier alpha value is -1.50. The van der Waals surface area contributed by atoms with Gasteiger partial charge in [-0.25, -0.2) is 14.8 Å². The first-order valence-electron chi connectivity index (χ1n) is 5.32. The molecule has 1 aromatic heterocycles. The third-order valence-electron chi connectivity index (χ3n) is 2.61. The van der Waals surface area contributed by atoms with E-state index in [0.29, 0.717) is 17.3 Å². The molecule has 92 valence electrons. The van der Waals surface area contributed by atoms with Crippen LogP contribution in [0.4, 0.5) is 5.82 Å². The van der Waals surface area contributed by atoms with Gasteiger partial charge in [-0.2, -0.15) is 0 Å². The second-order valence-electron chi connectivity index (χ2n) is 3.86. The van der Waals surface area contributed by atoms with Crippen molar-refractivity contribution in [2.75, 3.05) is 16.8 Å². The number of carbonyl (C=O) groups is 1. The zero-order valence-corrected chi connectivity index (χ0v) is 9.94. The molecule has 0 amide bonds. The van der Waals surface area contributed by atoms with Crippen molar-refractivity contribution in [1.82, 2.24) is 9.97 Å². The van der Waals surface area contributed by atoms with Crippen LogP contribution in [0.15, 0.2) is 12.4 Å². The van der Waals surface area contributed by atoms with Gasteiger partial charge in [0.15, 0.2) is 5.69 Å². The van der Waals surface area contributed by atoms with Crippen LogP contribution in [0, 0.1) is 0 Å². The van der Waals surface area contributed by atoms with Crippen LogP contribution in [-0.4, -0.2) is 42.8 Å². The van der Waals surface area contributed by atoms with Crippen molar-refractivity contribution in [3.8, 4) is 0 Å². The molecule has 0 spiro atoms. The highest BCUT2D eigenvalue weighted by Crippen LogP contribution is 2.14. The molecule has 6 nitrogen and oxygen atoms in total. The van der Waals surface area contributed by atoms with Crippen LogP contribution in [0.2, 0.25) is 0 Å². The molecule has 0 bridgehead atoms. The van der Waals surface area contributed by atoms with Crippen molar-refractivity contribution in [2.24, 2.45) is 0 Å². The largest absolute Gasteiger partial charge is 0.476 e. The Balaban J connectivity index is 1.95. The molecule has 1 aliphatic rings. The Morgan fingerprint density at radius 1 is 1.35 bits per heavy atom. The third kappa shape index (κ3) is 3.23. The van der Waals surface area contributed by atoms with Gasteiger partial charge >= 0.3 is 5.97 Å². The smallest absolute Gasteiger partial charge is 0.356 e. The molecule has 2 N–H and O–H groups in total. The Kier molecular flexibility index (Phi) is 3.68. The molecular weight excluding hydrogens is 242 g/mol. The van der Waals surface area contributed by atoms with E-state index in [-0.39, 0.29) is 11.7 Å². The maximum Gasteiger partial charge on any atom is 0.356 e. The molecule has 0 unspecified atom stereocenters. The third-order valence-corrected chi connectivity index (χ3v) is 3.99. The fourth-order valence-corrected chi connectivity index (χ4v) is 2.96. The molecule has 1 saturated heterocycles. The predicted molar refractivity (Wildman–Crippen MR) is 63.5 cm³/mol. The molecule has 0 radical (unpaired) electrons. The molecule has 0 saturated carbocycles. The number of carboxylic acid groups (broad SMARTS) is 1. The maximum absolute atomic E-state index is 11.2. The molecule has 17 heavy (non-hydrogen) atoms. The van der Waals surface area contributed by atoms with Crippen molar-refractivity contribution in [2.45, 2.75) is 18.9 Å². The van der Waals surface area contributed by atoms with E-state index in [2.05, 4.69) is 15.3 Å². The van der Waals surface area contributed by atoms with E-state index in [1.807, 2.05) is 0 Å². The van der Waals surface area contributed by atoms with E-state index in [0.717, 1.165) is 12.8 Å². The minimum absolute atomic E-state index is 0.0692. The molecule has 1 aliphatic heterocycles. The van der Waals surface area contributed by atoms with Gasteiger partial charge in [0, 0.05) is 28.3 Å². The van der Waals surface area contributed by atoms with Crippen LogP contribution in [0.3, 0.4) is 0 Å². The second-order valence-corrected chi connectivity index (χ2v) is 5.55. The highest BCUT2D eigenvalue weighted by Gasteiger charge is 2.18. The summed E-state index contributed by atoms with van der Waals surface area (Å²) >= 11 is 0. The number of carboxylic acids is 1. The minimum atomic E-state index is -1.09. The van der Waals surface area contributed by atoms with E-state index in [1.54, 1.807) is 0 Å². The van der Waals surface area contributed by atoms with Crippen LogP contribution in [0.25, 0.3) is 0 Å². The summed E-state index contributed by atoms with van der Waals surface area (Å²) in [6.07, 6.45) is 4.32. The monoisotopic (exact) mass is 255 g/mol.